The van der Waals surface area contributed by atoms with E-state index in [1.54, 1.807) is 18.2 Å². The van der Waals surface area contributed by atoms with Gasteiger partial charge in [-0.25, -0.2) is 14.4 Å². The number of rotatable bonds is 6. The summed E-state index contributed by atoms with van der Waals surface area (Å²) in [5.74, 6) is -0.788. The fourth-order valence-corrected chi connectivity index (χ4v) is 3.52. The number of morpholine rings is 1. The molecule has 34 heavy (non-hydrogen) atoms. The molecule has 1 amide bonds. The van der Waals surface area contributed by atoms with Gasteiger partial charge in [0.1, 0.15) is 17.6 Å². The van der Waals surface area contributed by atoms with Gasteiger partial charge in [0, 0.05) is 30.0 Å². The summed E-state index contributed by atoms with van der Waals surface area (Å²) in [5.41, 5.74) is 2.09. The second kappa shape index (κ2) is 9.97. The van der Waals surface area contributed by atoms with E-state index in [1.165, 1.54) is 18.3 Å². The number of nitrogens with one attached hydrogen (secondary N) is 2. The van der Waals surface area contributed by atoms with Crippen molar-refractivity contribution >= 4 is 28.9 Å². The summed E-state index contributed by atoms with van der Waals surface area (Å²) in [4.78, 5) is 22.2. The molecule has 0 aliphatic carbocycles. The zero-order valence-corrected chi connectivity index (χ0v) is 18.1. The summed E-state index contributed by atoms with van der Waals surface area (Å²) < 4.78 is 19.6. The molecule has 0 atom stereocenters. The first kappa shape index (κ1) is 22.7. The van der Waals surface area contributed by atoms with Crippen LogP contribution in [-0.2, 0) is 9.53 Å². The van der Waals surface area contributed by atoms with Crippen LogP contribution in [0.2, 0.25) is 0 Å². The normalized spacial score (nSPS) is 13.1. The Morgan fingerprint density at radius 1 is 1.24 bits per heavy atom. The summed E-state index contributed by atoms with van der Waals surface area (Å²) in [5, 5.41) is 25.4. The monoisotopic (exact) mass is 460 g/mol. The summed E-state index contributed by atoms with van der Waals surface area (Å²) >= 11 is 0. The summed E-state index contributed by atoms with van der Waals surface area (Å²) in [6, 6.07) is 10.9. The number of carbonyl (C=O) groups is 1. The lowest BCUT2D eigenvalue weighted by atomic mass is 10.1. The fraction of sp³-hybridized carbons (Fsp3) is 0.167. The van der Waals surface area contributed by atoms with E-state index in [-0.39, 0.29) is 28.6 Å². The molecule has 1 aromatic heterocycles. The first-order valence-corrected chi connectivity index (χ1v) is 10.4. The van der Waals surface area contributed by atoms with Gasteiger partial charge in [0.2, 0.25) is 11.9 Å². The molecule has 1 fully saturated rings. The van der Waals surface area contributed by atoms with E-state index in [9.17, 15) is 19.6 Å². The molecule has 1 aliphatic rings. The van der Waals surface area contributed by atoms with Crippen LogP contribution >= 0.6 is 0 Å². The number of anilines is 4. The number of ether oxygens (including phenoxy) is 1. The number of benzene rings is 2. The number of aromatic nitrogens is 2. The van der Waals surface area contributed by atoms with Crippen LogP contribution in [0.3, 0.4) is 0 Å². The Hall–Kier alpha value is -4.49. The number of halogens is 1. The van der Waals surface area contributed by atoms with Crippen molar-refractivity contribution in [3.8, 4) is 23.1 Å². The molecule has 0 radical (unpaired) electrons. The van der Waals surface area contributed by atoms with Gasteiger partial charge in [-0.05, 0) is 42.5 Å². The Labute approximate surface area is 195 Å². The highest BCUT2D eigenvalue weighted by Gasteiger charge is 2.17. The van der Waals surface area contributed by atoms with Crippen molar-refractivity contribution in [1.29, 1.82) is 5.26 Å². The minimum Gasteiger partial charge on any atom is -0.506 e. The quantitative estimate of drug-likeness (QED) is 0.377. The number of phenols is 1. The highest BCUT2D eigenvalue weighted by molar-refractivity contribution is 5.99. The second-order valence-corrected chi connectivity index (χ2v) is 7.42. The number of amides is 1. The lowest BCUT2D eigenvalue weighted by Crippen LogP contribution is -2.36. The fourth-order valence-electron chi connectivity index (χ4n) is 3.52. The van der Waals surface area contributed by atoms with Crippen LogP contribution in [0, 0.1) is 17.1 Å². The predicted octanol–water partition coefficient (Wildman–Crippen LogP) is 3.56. The van der Waals surface area contributed by atoms with Crippen molar-refractivity contribution in [3.05, 3.63) is 66.6 Å². The minimum atomic E-state index is -0.609. The van der Waals surface area contributed by atoms with Crippen LogP contribution < -0.4 is 15.5 Å². The number of nitrogens with zero attached hydrogens (tertiary/aromatic N) is 4. The van der Waals surface area contributed by atoms with E-state index in [0.717, 1.165) is 12.1 Å². The highest BCUT2D eigenvalue weighted by atomic mass is 19.1. The molecular formula is C24H21FN6O3. The molecule has 3 N–H and O–H groups in total. The molecule has 0 saturated carbocycles. The van der Waals surface area contributed by atoms with Crippen molar-refractivity contribution in [2.24, 2.45) is 0 Å². The zero-order chi connectivity index (χ0) is 24.1. The van der Waals surface area contributed by atoms with Gasteiger partial charge in [-0.2, -0.15) is 5.26 Å². The second-order valence-electron chi connectivity index (χ2n) is 7.42. The van der Waals surface area contributed by atoms with Crippen LogP contribution in [0.25, 0.3) is 11.3 Å². The average Bonchev–Trinajstić information content (AvgIpc) is 2.85. The van der Waals surface area contributed by atoms with E-state index in [4.69, 9.17) is 4.74 Å². The molecule has 172 valence electrons. The summed E-state index contributed by atoms with van der Waals surface area (Å²) in [6.45, 7) is 5.82. The maximum atomic E-state index is 14.3. The third-order valence-corrected chi connectivity index (χ3v) is 5.12. The van der Waals surface area contributed by atoms with Gasteiger partial charge in [-0.3, -0.25) is 4.79 Å². The minimum absolute atomic E-state index is 0.136. The highest BCUT2D eigenvalue weighted by Crippen LogP contribution is 2.32. The molecular weight excluding hydrogens is 439 g/mol. The molecule has 0 unspecified atom stereocenters. The Kier molecular flexibility index (Phi) is 6.66. The maximum Gasteiger partial charge on any atom is 0.247 e. The standard InChI is InChI=1S/C24H21FN6O3/c1-2-22(33)28-19-10-15(9-17(25)11-19)23-16(13-26)14-27-24(30-23)29-18-3-4-21(32)20(12-18)31-5-7-34-8-6-31/h2-4,9-12,14,32H,1,5-8H2,(H,28,33)(H,27,29,30). The lowest BCUT2D eigenvalue weighted by Gasteiger charge is -2.29. The molecule has 3 aromatic rings. The average molecular weight is 460 g/mol. The molecule has 1 saturated heterocycles. The third-order valence-electron chi connectivity index (χ3n) is 5.12. The van der Waals surface area contributed by atoms with Crippen molar-refractivity contribution in [3.63, 3.8) is 0 Å². The zero-order valence-electron chi connectivity index (χ0n) is 18.1. The Morgan fingerprint density at radius 2 is 2.03 bits per heavy atom. The molecule has 2 aromatic carbocycles. The van der Waals surface area contributed by atoms with Crippen molar-refractivity contribution < 1.29 is 19.0 Å². The Bertz CT molecular complexity index is 1280. The van der Waals surface area contributed by atoms with E-state index < -0.39 is 11.7 Å². The molecule has 2 heterocycles. The van der Waals surface area contributed by atoms with Gasteiger partial charge in [-0.15, -0.1) is 0 Å². The van der Waals surface area contributed by atoms with Gasteiger partial charge in [0.05, 0.1) is 36.4 Å². The first-order valence-electron chi connectivity index (χ1n) is 10.4. The molecule has 0 spiro atoms. The van der Waals surface area contributed by atoms with Crippen molar-refractivity contribution in [2.45, 2.75) is 0 Å². The van der Waals surface area contributed by atoms with Gasteiger partial charge < -0.3 is 25.4 Å². The maximum absolute atomic E-state index is 14.3. The molecule has 10 heteroatoms. The van der Waals surface area contributed by atoms with E-state index in [1.807, 2.05) is 11.0 Å². The Morgan fingerprint density at radius 3 is 2.76 bits per heavy atom. The number of aromatic hydroxyl groups is 1. The van der Waals surface area contributed by atoms with Crippen LogP contribution in [-0.4, -0.2) is 47.3 Å². The molecule has 1 aliphatic heterocycles. The van der Waals surface area contributed by atoms with E-state index in [0.29, 0.717) is 43.2 Å². The number of carbonyl (C=O) groups excluding carboxylic acids is 1. The van der Waals surface area contributed by atoms with Gasteiger partial charge in [-0.1, -0.05) is 6.58 Å². The predicted molar refractivity (Wildman–Crippen MR) is 125 cm³/mol. The van der Waals surface area contributed by atoms with Crippen LogP contribution in [0.15, 0.2) is 55.3 Å². The molecule has 9 nitrogen and oxygen atoms in total. The van der Waals surface area contributed by atoms with Gasteiger partial charge in [0.15, 0.2) is 0 Å². The summed E-state index contributed by atoms with van der Waals surface area (Å²) in [6.07, 6.45) is 2.40. The van der Waals surface area contributed by atoms with Gasteiger partial charge in [0.25, 0.3) is 0 Å². The van der Waals surface area contributed by atoms with Crippen molar-refractivity contribution in [2.75, 3.05) is 41.8 Å². The number of hydrogen-bond acceptors (Lipinski definition) is 8. The largest absolute Gasteiger partial charge is 0.506 e. The van der Waals surface area contributed by atoms with Crippen molar-refractivity contribution in [1.82, 2.24) is 9.97 Å². The third kappa shape index (κ3) is 5.11. The van der Waals surface area contributed by atoms with E-state index in [2.05, 4.69) is 27.2 Å². The number of nitriles is 1. The molecule has 4 rings (SSSR count). The topological polar surface area (TPSA) is 123 Å². The van der Waals surface area contributed by atoms with Crippen LogP contribution in [0.4, 0.5) is 27.4 Å². The SMILES string of the molecule is C=CC(=O)Nc1cc(F)cc(-c2nc(Nc3ccc(O)c(N4CCOCC4)c3)ncc2C#N)c1. The van der Waals surface area contributed by atoms with Crippen LogP contribution in [0.1, 0.15) is 5.56 Å². The number of phenolic OH excluding ortho intramolecular Hbond substituents is 1. The van der Waals surface area contributed by atoms with E-state index >= 15 is 0 Å². The lowest BCUT2D eigenvalue weighted by molar-refractivity contribution is -0.111. The van der Waals surface area contributed by atoms with Crippen LogP contribution in [0.5, 0.6) is 5.75 Å². The Balaban J connectivity index is 1.66. The smallest absolute Gasteiger partial charge is 0.247 e. The first-order chi connectivity index (χ1) is 16.5. The molecule has 0 bridgehead atoms. The summed E-state index contributed by atoms with van der Waals surface area (Å²) in [7, 11) is 0. The number of hydrogen-bond donors (Lipinski definition) is 3. The van der Waals surface area contributed by atoms with Gasteiger partial charge >= 0.3 is 0 Å².